The Hall–Kier alpha value is -10.8. The van der Waals surface area contributed by atoms with Gasteiger partial charge >= 0.3 is 0 Å². The fraction of sp³-hybridized carbons (Fsp3) is 0.371. The summed E-state index contributed by atoms with van der Waals surface area (Å²) in [5, 5.41) is 5.85. The van der Waals surface area contributed by atoms with E-state index in [4.69, 9.17) is 38.9 Å². The zero-order chi connectivity index (χ0) is 78.6. The molecular weight excluding hydrogens is 1420 g/mol. The van der Waals surface area contributed by atoms with Crippen molar-refractivity contribution in [3.8, 4) is 45.7 Å². The quantitative estimate of drug-likeness (QED) is 0.0668. The molecule has 0 amide bonds. The number of piperazine rings is 4. The Labute approximate surface area is 660 Å². The fourth-order valence-electron chi connectivity index (χ4n) is 15.0. The number of para-hydroxylation sites is 12. The van der Waals surface area contributed by atoms with E-state index in [-0.39, 0.29) is 22.2 Å². The van der Waals surface area contributed by atoms with E-state index in [0.717, 1.165) is 186 Å². The van der Waals surface area contributed by atoms with Gasteiger partial charge in [-0.05, 0) is 145 Å². The predicted molar refractivity (Wildman–Crippen MR) is 450 cm³/mol. The van der Waals surface area contributed by atoms with E-state index in [9.17, 15) is 19.2 Å². The van der Waals surface area contributed by atoms with E-state index in [1.54, 1.807) is 18.3 Å². The first-order valence-corrected chi connectivity index (χ1v) is 40.0. The molecule has 0 saturated carbocycles. The van der Waals surface area contributed by atoms with Crippen molar-refractivity contribution in [3.63, 3.8) is 0 Å². The van der Waals surface area contributed by atoms with Crippen molar-refractivity contribution in [1.29, 1.82) is 0 Å². The van der Waals surface area contributed by atoms with Crippen LogP contribution in [0.5, 0.6) is 23.0 Å². The third kappa shape index (κ3) is 19.3. The molecule has 0 aliphatic carbocycles. The van der Waals surface area contributed by atoms with Crippen LogP contribution in [0.15, 0.2) is 213 Å². The van der Waals surface area contributed by atoms with Gasteiger partial charge in [0.05, 0.1) is 119 Å². The molecule has 12 aromatic rings. The zero-order valence-electron chi connectivity index (χ0n) is 66.3. The van der Waals surface area contributed by atoms with Crippen LogP contribution in [-0.4, -0.2) is 224 Å². The Morgan fingerprint density at radius 3 is 0.761 bits per heavy atom. The van der Waals surface area contributed by atoms with Gasteiger partial charge in [-0.15, -0.1) is 0 Å². The molecule has 0 bridgehead atoms. The van der Waals surface area contributed by atoms with Crippen LogP contribution in [0.3, 0.4) is 0 Å². The highest BCUT2D eigenvalue weighted by Gasteiger charge is 2.27. The highest BCUT2D eigenvalue weighted by Crippen LogP contribution is 2.30. The number of ether oxygens (including phenoxy) is 4. The second-order valence-electron chi connectivity index (χ2n) is 28.4. The number of nitrogens with zero attached hydrogens (tertiary/aromatic N) is 15. The minimum Gasteiger partial charge on any atom is -0.492 e. The van der Waals surface area contributed by atoms with Crippen molar-refractivity contribution in [2.75, 3.05) is 151 Å². The third-order valence-electron chi connectivity index (χ3n) is 21.1. The molecular formula is C89H106N16O8. The van der Waals surface area contributed by atoms with Crippen molar-refractivity contribution in [1.82, 2.24) is 77.8 Å². The lowest BCUT2D eigenvalue weighted by atomic mass is 10.2. The molecule has 8 heterocycles. The molecule has 8 aromatic carbocycles. The molecule has 590 valence electrons. The maximum Gasteiger partial charge on any atom is 0.266 e. The van der Waals surface area contributed by atoms with Gasteiger partial charge in [0.1, 0.15) is 46.3 Å². The van der Waals surface area contributed by atoms with Crippen LogP contribution in [0.2, 0.25) is 0 Å². The van der Waals surface area contributed by atoms with Crippen LogP contribution in [0.1, 0.15) is 64.8 Å². The zero-order valence-corrected chi connectivity index (χ0v) is 66.3. The monoisotopic (exact) mass is 1530 g/mol. The van der Waals surface area contributed by atoms with Gasteiger partial charge in [-0.25, -0.2) is 19.9 Å². The molecule has 4 aliphatic heterocycles. The van der Waals surface area contributed by atoms with Crippen molar-refractivity contribution >= 4 is 43.6 Å². The van der Waals surface area contributed by atoms with E-state index in [0.29, 0.717) is 97.1 Å². The van der Waals surface area contributed by atoms with Gasteiger partial charge in [0.15, 0.2) is 0 Å². The van der Waals surface area contributed by atoms with Gasteiger partial charge < -0.3 is 39.0 Å². The summed E-state index contributed by atoms with van der Waals surface area (Å²) in [5.74, 6) is 5.80. The number of benzene rings is 8. The number of nitrogens with one attached hydrogen (secondary N) is 1. The molecule has 24 nitrogen and oxygen atoms in total. The first-order chi connectivity index (χ1) is 55.4. The number of likely N-dealkylation sites (N-methyl/N-ethyl adjacent to an activating group) is 3. The molecule has 4 fully saturated rings. The van der Waals surface area contributed by atoms with E-state index < -0.39 is 0 Å². The van der Waals surface area contributed by atoms with Crippen LogP contribution in [-0.2, 0) is 26.2 Å². The van der Waals surface area contributed by atoms with E-state index in [1.165, 1.54) is 0 Å². The van der Waals surface area contributed by atoms with Gasteiger partial charge in [-0.3, -0.25) is 57.0 Å². The molecule has 1 N–H and O–H groups in total. The second-order valence-corrected chi connectivity index (χ2v) is 28.4. The minimum absolute atomic E-state index is 0.0510. The van der Waals surface area contributed by atoms with Gasteiger partial charge in [-0.1, -0.05) is 111 Å². The van der Waals surface area contributed by atoms with Gasteiger partial charge in [0.2, 0.25) is 0 Å². The highest BCUT2D eigenvalue weighted by atomic mass is 16.5. The molecule has 0 spiro atoms. The van der Waals surface area contributed by atoms with Gasteiger partial charge in [0.25, 0.3) is 22.2 Å². The van der Waals surface area contributed by atoms with Crippen LogP contribution < -0.4 is 46.5 Å². The lowest BCUT2D eigenvalue weighted by molar-refractivity contribution is 0.129. The van der Waals surface area contributed by atoms with Gasteiger partial charge in [-0.2, -0.15) is 0 Å². The molecule has 4 aromatic heterocycles. The Balaban J connectivity index is 0.000000132. The molecule has 24 heteroatoms. The number of hydrogen-bond acceptors (Lipinski definition) is 20. The summed E-state index contributed by atoms with van der Waals surface area (Å²) in [6.07, 6.45) is 0. The fourth-order valence-corrected chi connectivity index (χ4v) is 15.0. The third-order valence-corrected chi connectivity index (χ3v) is 21.1. The Morgan fingerprint density at radius 2 is 0.504 bits per heavy atom. The summed E-state index contributed by atoms with van der Waals surface area (Å²) >= 11 is 0. The maximum absolute atomic E-state index is 13.5. The molecule has 0 radical (unpaired) electrons. The number of fused-ring (bicyclic) bond motifs is 4. The highest BCUT2D eigenvalue weighted by molar-refractivity contribution is 5.81. The topological polar surface area (TPSA) is 211 Å². The second kappa shape index (κ2) is 39.1. The summed E-state index contributed by atoms with van der Waals surface area (Å²) in [6, 6.07) is 60.9. The lowest BCUT2D eigenvalue weighted by Crippen LogP contribution is -2.46. The minimum atomic E-state index is -0.0575. The van der Waals surface area contributed by atoms with E-state index in [2.05, 4.69) is 60.5 Å². The smallest absolute Gasteiger partial charge is 0.266 e. The van der Waals surface area contributed by atoms with E-state index in [1.807, 2.05) is 222 Å². The summed E-state index contributed by atoms with van der Waals surface area (Å²) in [5.41, 5.74) is 5.73. The standard InChI is InChI=1S/2C23H28N4O2.C22H26N4O2.C21H24N4O2/c2*1-3-25-13-15-26(16-14-25)17-22-24-19-10-6-5-9-18(19)23(28)27(22)20-11-7-8-12-21(20)29-4-2;1-3-28-20-11-7-6-10-19(20)26-21(16-25-14-12-24(2)13-15-25)23-18-9-5-4-8-17(18)22(26)27;1-2-27-19-10-6-5-9-18(19)25-20(15-24-13-11-22-12-14-24)23-17-8-4-3-7-16(17)21(25)26/h2*5-12H,3-4,13-17H2,1-2H3;4-11H,3,12-16H2,1-2H3;3-10,22H,2,11-15H2,1H3. The average molecular weight is 1530 g/mol. The normalized spacial score (nSPS) is 15.6. The number of aromatic nitrogens is 8. The Bertz CT molecular complexity index is 5260. The predicted octanol–water partition coefficient (Wildman–Crippen LogP) is 10.6. The van der Waals surface area contributed by atoms with Crippen LogP contribution in [0.25, 0.3) is 66.4 Å². The summed E-state index contributed by atoms with van der Waals surface area (Å²) in [7, 11) is 2.14. The summed E-state index contributed by atoms with van der Waals surface area (Å²) < 4.78 is 30.2. The van der Waals surface area contributed by atoms with Crippen molar-refractivity contribution in [3.05, 3.63) is 259 Å². The molecule has 113 heavy (non-hydrogen) atoms. The van der Waals surface area contributed by atoms with Crippen molar-refractivity contribution in [2.24, 2.45) is 0 Å². The SMILES string of the molecule is CCOc1ccccc1-n1c(CN2CCN(C)CC2)nc2ccccc2c1=O.CCOc1ccccc1-n1c(CN2CCN(CC)CC2)nc2ccccc2c1=O.CCOc1ccccc1-n1c(CN2CCN(CC)CC2)nc2ccccc2c1=O.CCOc1ccccc1-n1c(CN2CCNCC2)nc2ccccc2c1=O. The number of hydrogen-bond donors (Lipinski definition) is 1. The number of rotatable bonds is 22. The average Bonchev–Trinajstić information content (AvgIpc) is 0.805. The maximum atomic E-state index is 13.5. The first-order valence-electron chi connectivity index (χ1n) is 40.0. The summed E-state index contributed by atoms with van der Waals surface area (Å²) in [4.78, 5) is 90.0. The van der Waals surface area contributed by atoms with Crippen molar-refractivity contribution in [2.45, 2.75) is 67.7 Å². The van der Waals surface area contributed by atoms with Crippen molar-refractivity contribution < 1.29 is 18.9 Å². The van der Waals surface area contributed by atoms with Crippen LogP contribution in [0, 0.1) is 0 Å². The molecule has 16 rings (SSSR count). The molecule has 0 atom stereocenters. The van der Waals surface area contributed by atoms with Gasteiger partial charge in [0, 0.05) is 105 Å². The lowest BCUT2D eigenvalue weighted by Gasteiger charge is -2.34. The molecule has 4 saturated heterocycles. The Kier molecular flexibility index (Phi) is 27.8. The van der Waals surface area contributed by atoms with Crippen LogP contribution in [0.4, 0.5) is 0 Å². The molecule has 4 aliphatic rings. The Morgan fingerprint density at radius 1 is 0.283 bits per heavy atom. The summed E-state index contributed by atoms with van der Waals surface area (Å²) in [6.45, 7) is 34.9. The largest absolute Gasteiger partial charge is 0.492 e. The van der Waals surface area contributed by atoms with Crippen LogP contribution >= 0.6 is 0 Å². The van der Waals surface area contributed by atoms with E-state index >= 15 is 0 Å². The first kappa shape index (κ1) is 80.3. The molecule has 0 unspecified atom stereocenters.